The number of hydrogen-bond donors (Lipinski definition) is 3. The molecule has 0 bridgehead atoms. The molecule has 52 heavy (non-hydrogen) atoms. The van der Waals surface area contributed by atoms with Gasteiger partial charge in [-0.2, -0.15) is 0 Å². The van der Waals surface area contributed by atoms with E-state index in [2.05, 4.69) is 31.3 Å². The first-order valence-electron chi connectivity index (χ1n) is 22.1. The molecule has 0 fully saturated rings. The molecule has 9 heteroatoms. The van der Waals surface area contributed by atoms with Gasteiger partial charge in [-0.25, -0.2) is 4.57 Å². The van der Waals surface area contributed by atoms with E-state index in [0.717, 1.165) is 51.4 Å². The normalized spacial score (nSPS) is 14.5. The molecule has 0 saturated heterocycles. The van der Waals surface area contributed by atoms with Gasteiger partial charge >= 0.3 is 7.82 Å². The van der Waals surface area contributed by atoms with Crippen molar-refractivity contribution < 1.29 is 32.9 Å². The Kier molecular flexibility index (Phi) is 35.4. The van der Waals surface area contributed by atoms with Gasteiger partial charge in [-0.05, 0) is 38.5 Å². The summed E-state index contributed by atoms with van der Waals surface area (Å²) >= 11 is 0. The van der Waals surface area contributed by atoms with Gasteiger partial charge in [0, 0.05) is 6.42 Å². The second kappa shape index (κ2) is 35.9. The molecule has 1 unspecified atom stereocenters. The van der Waals surface area contributed by atoms with Gasteiger partial charge in [0.1, 0.15) is 13.2 Å². The number of likely N-dealkylation sites (N-methyl/N-ethyl adjacent to an activating group) is 1. The lowest BCUT2D eigenvalue weighted by molar-refractivity contribution is -0.870. The lowest BCUT2D eigenvalue weighted by Crippen LogP contribution is -2.46. The van der Waals surface area contributed by atoms with E-state index < -0.39 is 20.0 Å². The number of carbonyl (C=O) groups excluding carboxylic acids is 1. The van der Waals surface area contributed by atoms with Crippen molar-refractivity contribution in [2.45, 2.75) is 219 Å². The molecule has 0 aliphatic carbocycles. The highest BCUT2D eigenvalue weighted by Gasteiger charge is 2.28. The van der Waals surface area contributed by atoms with Crippen LogP contribution in [0.15, 0.2) is 12.2 Å². The predicted octanol–water partition coefficient (Wildman–Crippen LogP) is 12.0. The number of hydrogen-bond acceptors (Lipinski definition) is 5. The van der Waals surface area contributed by atoms with E-state index in [0.29, 0.717) is 23.9 Å². The second-order valence-electron chi connectivity index (χ2n) is 16.4. The fourth-order valence-electron chi connectivity index (χ4n) is 6.45. The number of phosphoric ester groups is 1. The molecule has 0 heterocycles. The van der Waals surface area contributed by atoms with Crippen LogP contribution >= 0.6 is 7.82 Å². The summed E-state index contributed by atoms with van der Waals surface area (Å²) in [4.78, 5) is 23.1. The van der Waals surface area contributed by atoms with Crippen LogP contribution in [0.2, 0.25) is 0 Å². The summed E-state index contributed by atoms with van der Waals surface area (Å²) in [5.41, 5.74) is 0. The van der Waals surface area contributed by atoms with Crippen LogP contribution in [0.1, 0.15) is 206 Å². The maximum absolute atomic E-state index is 12.9. The summed E-state index contributed by atoms with van der Waals surface area (Å²) in [5.74, 6) is -0.153. The molecule has 310 valence electrons. The first-order chi connectivity index (χ1) is 25.0. The number of rotatable bonds is 40. The van der Waals surface area contributed by atoms with Crippen LogP contribution in [-0.2, 0) is 18.4 Å². The minimum absolute atomic E-state index is 0.0749. The van der Waals surface area contributed by atoms with Crippen molar-refractivity contribution >= 4 is 13.7 Å². The van der Waals surface area contributed by atoms with Crippen LogP contribution in [0, 0.1) is 0 Å². The largest absolute Gasteiger partial charge is 0.472 e. The Morgan fingerprint density at radius 2 is 1.04 bits per heavy atom. The van der Waals surface area contributed by atoms with E-state index in [1.807, 2.05) is 21.1 Å². The fourth-order valence-corrected chi connectivity index (χ4v) is 7.19. The van der Waals surface area contributed by atoms with Crippen molar-refractivity contribution in [2.24, 2.45) is 0 Å². The second-order valence-corrected chi connectivity index (χ2v) is 17.9. The maximum Gasteiger partial charge on any atom is 0.472 e. The Hall–Kier alpha value is -0.760. The molecule has 0 rings (SSSR count). The third-order valence-electron chi connectivity index (χ3n) is 10.0. The molecule has 0 saturated carbocycles. The van der Waals surface area contributed by atoms with Crippen LogP contribution in [0.5, 0.6) is 0 Å². The third kappa shape index (κ3) is 37.6. The van der Waals surface area contributed by atoms with Crippen molar-refractivity contribution in [3.05, 3.63) is 12.2 Å². The molecule has 3 atom stereocenters. The number of carbonyl (C=O) groups is 1. The number of aliphatic hydroxyl groups excluding tert-OH is 1. The van der Waals surface area contributed by atoms with Gasteiger partial charge in [0.05, 0.1) is 39.9 Å². The standard InChI is InChI=1S/C43H87N2O6P/c1-6-8-10-12-14-16-18-20-22-23-24-26-28-30-32-34-36-42(46)41(40-51-52(48,49)50-39-38-45(3,4)5)44-43(47)37-35-33-31-29-27-25-21-19-17-15-13-11-9-7-2/h19,21,41-42,46H,6-18,20,22-40H2,1-5H3,(H-,44,47,48,49)/p+1/b21-19+/t41-,42+/m0/s1. The number of phosphoric acid groups is 1. The highest BCUT2D eigenvalue weighted by atomic mass is 31.2. The fraction of sp³-hybridized carbons (Fsp3) is 0.930. The molecule has 1 amide bonds. The van der Waals surface area contributed by atoms with Gasteiger partial charge in [-0.3, -0.25) is 13.8 Å². The van der Waals surface area contributed by atoms with Crippen LogP contribution in [-0.4, -0.2) is 73.4 Å². The average molecular weight is 760 g/mol. The van der Waals surface area contributed by atoms with Crippen molar-refractivity contribution in [2.75, 3.05) is 40.9 Å². The monoisotopic (exact) mass is 760 g/mol. The Morgan fingerprint density at radius 3 is 1.48 bits per heavy atom. The first-order valence-corrected chi connectivity index (χ1v) is 23.5. The number of nitrogens with one attached hydrogen (secondary N) is 1. The van der Waals surface area contributed by atoms with E-state index in [1.165, 1.54) is 128 Å². The number of unbranched alkanes of at least 4 members (excludes halogenated alkanes) is 25. The minimum atomic E-state index is -4.31. The zero-order chi connectivity index (χ0) is 38.6. The molecule has 3 N–H and O–H groups in total. The SMILES string of the molecule is CCCCCCC/C=C/CCCCCCCC(=O)N[C@@H](COP(=O)(O)OCC[N+](C)(C)C)[C@H](O)CCCCCCCCCCCCCCCCCC. The van der Waals surface area contributed by atoms with Gasteiger partial charge in [0.25, 0.3) is 0 Å². The third-order valence-corrected chi connectivity index (χ3v) is 11.0. The van der Waals surface area contributed by atoms with E-state index in [4.69, 9.17) is 9.05 Å². The van der Waals surface area contributed by atoms with E-state index in [1.54, 1.807) is 0 Å². The lowest BCUT2D eigenvalue weighted by Gasteiger charge is -2.26. The number of allylic oxidation sites excluding steroid dienone is 2. The van der Waals surface area contributed by atoms with Crippen LogP contribution < -0.4 is 5.32 Å². The molecule has 0 aliphatic rings. The van der Waals surface area contributed by atoms with Gasteiger partial charge in [-0.15, -0.1) is 0 Å². The Bertz CT molecular complexity index is 865. The number of amides is 1. The molecular formula is C43H88N2O6P+. The van der Waals surface area contributed by atoms with Crippen LogP contribution in [0.4, 0.5) is 0 Å². The summed E-state index contributed by atoms with van der Waals surface area (Å²) in [7, 11) is 1.61. The first kappa shape index (κ1) is 51.2. The highest BCUT2D eigenvalue weighted by molar-refractivity contribution is 7.47. The quantitative estimate of drug-likeness (QED) is 0.0249. The molecule has 0 radical (unpaired) electrons. The highest BCUT2D eigenvalue weighted by Crippen LogP contribution is 2.43. The van der Waals surface area contributed by atoms with Crippen molar-refractivity contribution in [3.63, 3.8) is 0 Å². The summed E-state index contributed by atoms with van der Waals surface area (Å²) in [5, 5.41) is 13.9. The smallest absolute Gasteiger partial charge is 0.391 e. The Labute approximate surface area is 322 Å². The molecule has 0 aliphatic heterocycles. The number of aliphatic hydroxyl groups is 1. The average Bonchev–Trinajstić information content (AvgIpc) is 3.09. The molecule has 8 nitrogen and oxygen atoms in total. The van der Waals surface area contributed by atoms with Crippen molar-refractivity contribution in [1.29, 1.82) is 0 Å². The predicted molar refractivity (Wildman–Crippen MR) is 222 cm³/mol. The Morgan fingerprint density at radius 1 is 0.635 bits per heavy atom. The van der Waals surface area contributed by atoms with E-state index >= 15 is 0 Å². The van der Waals surface area contributed by atoms with Crippen molar-refractivity contribution in [1.82, 2.24) is 5.32 Å². The molecule has 0 aromatic heterocycles. The van der Waals surface area contributed by atoms with E-state index in [9.17, 15) is 19.4 Å². The lowest BCUT2D eigenvalue weighted by atomic mass is 10.0. The van der Waals surface area contributed by atoms with Crippen LogP contribution in [0.25, 0.3) is 0 Å². The summed E-state index contributed by atoms with van der Waals surface area (Å²) in [6.07, 6.45) is 39.4. The topological polar surface area (TPSA) is 105 Å². The van der Waals surface area contributed by atoms with Crippen molar-refractivity contribution in [3.8, 4) is 0 Å². The van der Waals surface area contributed by atoms with Gasteiger partial charge in [0.15, 0.2) is 0 Å². The maximum atomic E-state index is 12.9. The zero-order valence-corrected chi connectivity index (χ0v) is 36.0. The summed E-state index contributed by atoms with van der Waals surface area (Å²) < 4.78 is 23.6. The summed E-state index contributed by atoms with van der Waals surface area (Å²) in [6, 6.07) is -0.759. The van der Waals surface area contributed by atoms with Gasteiger partial charge in [0.2, 0.25) is 5.91 Å². The Balaban J connectivity index is 4.38. The number of nitrogens with zero attached hydrogens (tertiary/aromatic N) is 1. The number of quaternary nitrogens is 1. The van der Waals surface area contributed by atoms with E-state index in [-0.39, 0.29) is 19.1 Å². The zero-order valence-electron chi connectivity index (χ0n) is 35.1. The van der Waals surface area contributed by atoms with Crippen LogP contribution in [0.3, 0.4) is 0 Å². The molecule has 0 aromatic carbocycles. The van der Waals surface area contributed by atoms with Gasteiger partial charge in [-0.1, -0.05) is 174 Å². The minimum Gasteiger partial charge on any atom is -0.391 e. The summed E-state index contributed by atoms with van der Waals surface area (Å²) in [6.45, 7) is 4.88. The molecule has 0 aromatic rings. The van der Waals surface area contributed by atoms with Gasteiger partial charge < -0.3 is 19.8 Å². The molecular weight excluding hydrogens is 671 g/mol. The molecule has 0 spiro atoms.